The Labute approximate surface area is 151 Å². The lowest BCUT2D eigenvalue weighted by Crippen LogP contribution is -2.56. The van der Waals surface area contributed by atoms with Crippen molar-refractivity contribution in [3.63, 3.8) is 0 Å². The molecule has 8 nitrogen and oxygen atoms in total. The number of rotatable bonds is 6. The van der Waals surface area contributed by atoms with Gasteiger partial charge in [-0.1, -0.05) is 0 Å². The van der Waals surface area contributed by atoms with Gasteiger partial charge in [-0.15, -0.1) is 0 Å². The van der Waals surface area contributed by atoms with Gasteiger partial charge in [-0.3, -0.25) is 0 Å². The third-order valence-corrected chi connectivity index (χ3v) is 5.83. The zero-order valence-electron chi connectivity index (χ0n) is 14.2. The maximum absolute atomic E-state index is 12.9. The number of ether oxygens (including phenoxy) is 3. The lowest BCUT2D eigenvalue weighted by molar-refractivity contribution is 0.0717. The van der Waals surface area contributed by atoms with Crippen molar-refractivity contribution in [3.05, 3.63) is 42.1 Å². The van der Waals surface area contributed by atoms with Crippen LogP contribution in [0.4, 0.5) is 0 Å². The summed E-state index contributed by atoms with van der Waals surface area (Å²) in [6.45, 7) is 0.314. The Kier molecular flexibility index (Phi) is 4.97. The molecular formula is C17H17N3O5S. The second-order valence-electron chi connectivity index (χ2n) is 5.55. The first-order chi connectivity index (χ1) is 12.5. The van der Waals surface area contributed by atoms with Crippen LogP contribution >= 0.6 is 0 Å². The van der Waals surface area contributed by atoms with E-state index in [9.17, 15) is 8.42 Å². The van der Waals surface area contributed by atoms with E-state index in [4.69, 9.17) is 19.5 Å². The monoisotopic (exact) mass is 375 g/mol. The number of benzene rings is 1. The molecule has 0 spiro atoms. The highest BCUT2D eigenvalue weighted by Crippen LogP contribution is 2.33. The molecule has 0 N–H and O–H groups in total. The highest BCUT2D eigenvalue weighted by Gasteiger charge is 2.40. The predicted octanol–water partition coefficient (Wildman–Crippen LogP) is 1.42. The SMILES string of the molecule is COc1ccc(OC)c(S(=O)(=O)N2CC(Oc3ncccc3C#N)C2)c1. The number of sulfonamides is 1. The zero-order valence-corrected chi connectivity index (χ0v) is 15.1. The van der Waals surface area contributed by atoms with Crippen LogP contribution in [-0.4, -0.2) is 51.1 Å². The van der Waals surface area contributed by atoms with Gasteiger partial charge in [-0.25, -0.2) is 13.4 Å². The van der Waals surface area contributed by atoms with E-state index in [2.05, 4.69) is 4.98 Å². The standard InChI is InChI=1S/C17H17N3O5S/c1-23-13-5-6-15(24-2)16(8-13)26(21,22)20-10-14(11-20)25-17-12(9-18)4-3-7-19-17/h3-8,14H,10-11H2,1-2H3. The molecule has 0 aliphatic carbocycles. The molecule has 1 fully saturated rings. The number of hydrogen-bond acceptors (Lipinski definition) is 7. The summed E-state index contributed by atoms with van der Waals surface area (Å²) in [5.74, 6) is 0.868. The molecule has 1 aromatic heterocycles. The Morgan fingerprint density at radius 2 is 2.00 bits per heavy atom. The van der Waals surface area contributed by atoms with Crippen LogP contribution in [0.3, 0.4) is 0 Å². The summed E-state index contributed by atoms with van der Waals surface area (Å²) in [7, 11) is -0.882. The zero-order chi connectivity index (χ0) is 18.7. The summed E-state index contributed by atoms with van der Waals surface area (Å²) in [6.07, 6.45) is 1.15. The van der Waals surface area contributed by atoms with E-state index in [1.165, 1.54) is 30.8 Å². The first-order valence-electron chi connectivity index (χ1n) is 7.73. The normalized spacial score (nSPS) is 15.0. The van der Waals surface area contributed by atoms with E-state index < -0.39 is 10.0 Å². The second-order valence-corrected chi connectivity index (χ2v) is 7.45. The van der Waals surface area contributed by atoms with E-state index in [1.807, 2.05) is 6.07 Å². The maximum Gasteiger partial charge on any atom is 0.247 e. The first kappa shape index (κ1) is 18.0. The minimum atomic E-state index is -3.76. The Bertz CT molecular complexity index is 949. The molecule has 9 heteroatoms. The number of aromatic nitrogens is 1. The van der Waals surface area contributed by atoms with E-state index >= 15 is 0 Å². The fourth-order valence-corrected chi connectivity index (χ4v) is 4.20. The number of methoxy groups -OCH3 is 2. The van der Waals surface area contributed by atoms with Gasteiger partial charge in [0.2, 0.25) is 15.9 Å². The Morgan fingerprint density at radius 3 is 2.65 bits per heavy atom. The van der Waals surface area contributed by atoms with Crippen molar-refractivity contribution in [1.29, 1.82) is 5.26 Å². The summed E-state index contributed by atoms with van der Waals surface area (Å²) < 4.78 is 42.9. The van der Waals surface area contributed by atoms with Gasteiger partial charge < -0.3 is 14.2 Å². The molecule has 26 heavy (non-hydrogen) atoms. The van der Waals surface area contributed by atoms with Gasteiger partial charge >= 0.3 is 0 Å². The molecule has 136 valence electrons. The fraction of sp³-hybridized carbons (Fsp3) is 0.294. The van der Waals surface area contributed by atoms with Crippen molar-refractivity contribution in [2.24, 2.45) is 0 Å². The number of hydrogen-bond donors (Lipinski definition) is 0. The van der Waals surface area contributed by atoms with Crippen molar-refractivity contribution in [3.8, 4) is 23.4 Å². The van der Waals surface area contributed by atoms with Crippen molar-refractivity contribution >= 4 is 10.0 Å². The number of nitrogens with zero attached hydrogens (tertiary/aromatic N) is 3. The average molecular weight is 375 g/mol. The average Bonchev–Trinajstić information content (AvgIpc) is 2.63. The minimum absolute atomic E-state index is 0.0355. The lowest BCUT2D eigenvalue weighted by Gasteiger charge is -2.37. The van der Waals surface area contributed by atoms with Crippen molar-refractivity contribution in [1.82, 2.24) is 9.29 Å². The molecule has 0 bridgehead atoms. The van der Waals surface area contributed by atoms with Crippen LogP contribution in [0, 0.1) is 11.3 Å². The van der Waals surface area contributed by atoms with Gasteiger partial charge in [-0.2, -0.15) is 9.57 Å². The van der Waals surface area contributed by atoms with Crippen LogP contribution in [0.15, 0.2) is 41.4 Å². The summed E-state index contributed by atoms with van der Waals surface area (Å²) in [5, 5.41) is 9.06. The molecule has 0 amide bonds. The van der Waals surface area contributed by atoms with E-state index in [0.717, 1.165) is 0 Å². The summed E-state index contributed by atoms with van der Waals surface area (Å²) in [5.41, 5.74) is 0.309. The minimum Gasteiger partial charge on any atom is -0.497 e. The fourth-order valence-electron chi connectivity index (χ4n) is 2.52. The molecule has 2 heterocycles. The smallest absolute Gasteiger partial charge is 0.247 e. The molecule has 2 aromatic rings. The van der Waals surface area contributed by atoms with Crippen LogP contribution in [0.1, 0.15) is 5.56 Å². The third-order valence-electron chi connectivity index (χ3n) is 3.97. The second kappa shape index (κ2) is 7.19. The molecular weight excluding hydrogens is 358 g/mol. The van der Waals surface area contributed by atoms with Crippen LogP contribution in [0.5, 0.6) is 17.4 Å². The molecule has 3 rings (SSSR count). The van der Waals surface area contributed by atoms with Crippen molar-refractivity contribution in [2.45, 2.75) is 11.0 Å². The van der Waals surface area contributed by atoms with E-state index in [0.29, 0.717) is 11.3 Å². The number of nitriles is 1. The quantitative estimate of drug-likeness (QED) is 0.752. The van der Waals surface area contributed by atoms with Crippen molar-refractivity contribution in [2.75, 3.05) is 27.3 Å². The highest BCUT2D eigenvalue weighted by molar-refractivity contribution is 7.89. The molecule has 0 radical (unpaired) electrons. The van der Waals surface area contributed by atoms with Gasteiger partial charge in [0.1, 0.15) is 34.1 Å². The molecule has 0 atom stereocenters. The highest BCUT2D eigenvalue weighted by atomic mass is 32.2. The Hall–Kier alpha value is -2.83. The largest absolute Gasteiger partial charge is 0.497 e. The number of pyridine rings is 1. The molecule has 1 aromatic carbocycles. The molecule has 1 aliphatic heterocycles. The van der Waals surface area contributed by atoms with Gasteiger partial charge in [0.05, 0.1) is 27.3 Å². The molecule has 0 unspecified atom stereocenters. The van der Waals surface area contributed by atoms with Crippen LogP contribution in [-0.2, 0) is 10.0 Å². The summed E-state index contributed by atoms with van der Waals surface area (Å²) in [6, 6.07) is 9.83. The molecule has 1 aliphatic rings. The van der Waals surface area contributed by atoms with Gasteiger partial charge in [0, 0.05) is 12.3 Å². The van der Waals surface area contributed by atoms with Crippen LogP contribution in [0.25, 0.3) is 0 Å². The molecule has 0 saturated carbocycles. The van der Waals surface area contributed by atoms with Crippen molar-refractivity contribution < 1.29 is 22.6 Å². The van der Waals surface area contributed by atoms with E-state index in [-0.39, 0.29) is 35.7 Å². The van der Waals surface area contributed by atoms with E-state index in [1.54, 1.807) is 24.3 Å². The topological polar surface area (TPSA) is 102 Å². The van der Waals surface area contributed by atoms with Crippen LogP contribution < -0.4 is 14.2 Å². The third kappa shape index (κ3) is 3.29. The molecule has 1 saturated heterocycles. The van der Waals surface area contributed by atoms with Gasteiger partial charge in [-0.05, 0) is 24.3 Å². The maximum atomic E-state index is 12.9. The van der Waals surface area contributed by atoms with Gasteiger partial charge in [0.15, 0.2) is 0 Å². The van der Waals surface area contributed by atoms with Crippen LogP contribution in [0.2, 0.25) is 0 Å². The van der Waals surface area contributed by atoms with Gasteiger partial charge in [0.25, 0.3) is 0 Å². The first-order valence-corrected chi connectivity index (χ1v) is 9.17. The predicted molar refractivity (Wildman–Crippen MR) is 91.7 cm³/mol. The summed E-state index contributed by atoms with van der Waals surface area (Å²) >= 11 is 0. The Balaban J connectivity index is 1.75. The lowest BCUT2D eigenvalue weighted by atomic mass is 10.2. The summed E-state index contributed by atoms with van der Waals surface area (Å²) in [4.78, 5) is 4.05. The Morgan fingerprint density at radius 1 is 1.23 bits per heavy atom.